The fraction of sp³-hybridized carbons (Fsp3) is 0.0625. The van der Waals surface area contributed by atoms with Crippen molar-refractivity contribution in [3.8, 4) is 5.75 Å². The zero-order valence-corrected chi connectivity index (χ0v) is 13.2. The Hall–Kier alpha value is -3.06. The van der Waals surface area contributed by atoms with Crippen molar-refractivity contribution >= 4 is 39.9 Å². The number of halogens is 1. The first kappa shape index (κ1) is 15.8. The van der Waals surface area contributed by atoms with Crippen molar-refractivity contribution in [3.63, 3.8) is 0 Å². The molecule has 1 aromatic heterocycles. The molecule has 0 saturated carbocycles. The first-order valence-electron chi connectivity index (χ1n) is 6.81. The van der Waals surface area contributed by atoms with E-state index in [0.717, 1.165) is 0 Å². The van der Waals surface area contributed by atoms with Crippen molar-refractivity contribution in [2.45, 2.75) is 0 Å². The Balaban J connectivity index is 1.89. The summed E-state index contributed by atoms with van der Waals surface area (Å²) in [6.45, 7) is 0. The minimum Gasteiger partial charge on any atom is -0.494 e. The number of amides is 1. The molecule has 7 nitrogen and oxygen atoms in total. The summed E-state index contributed by atoms with van der Waals surface area (Å²) in [5.74, 6) is -0.237. The molecule has 0 unspecified atom stereocenters. The molecule has 1 heterocycles. The van der Waals surface area contributed by atoms with Gasteiger partial charge in [-0.15, -0.1) is 0 Å². The molecule has 0 fully saturated rings. The summed E-state index contributed by atoms with van der Waals surface area (Å²) in [7, 11) is 1.36. The fourth-order valence-electron chi connectivity index (χ4n) is 2.21. The van der Waals surface area contributed by atoms with Gasteiger partial charge >= 0.3 is 0 Å². The molecule has 3 aromatic rings. The number of nitrogens with one attached hydrogen (secondary N) is 1. The number of nitro benzene ring substituents is 1. The van der Waals surface area contributed by atoms with Crippen LogP contribution in [0.2, 0.25) is 5.02 Å². The average Bonchev–Trinajstić information content (AvgIpc) is 2.98. The Kier molecular flexibility index (Phi) is 4.09. The molecular formula is C16H11ClN2O5. The van der Waals surface area contributed by atoms with Crippen LogP contribution in [0.25, 0.3) is 11.0 Å². The Morgan fingerprint density at radius 1 is 1.25 bits per heavy atom. The van der Waals surface area contributed by atoms with Crippen LogP contribution in [0.5, 0.6) is 5.75 Å². The lowest BCUT2D eigenvalue weighted by Crippen LogP contribution is -2.11. The number of non-ortho nitro benzene ring substituents is 1. The van der Waals surface area contributed by atoms with Crippen molar-refractivity contribution in [2.75, 3.05) is 12.4 Å². The van der Waals surface area contributed by atoms with E-state index in [1.54, 1.807) is 24.3 Å². The molecule has 0 bridgehead atoms. The molecule has 8 heteroatoms. The highest BCUT2D eigenvalue weighted by Gasteiger charge is 2.17. The van der Waals surface area contributed by atoms with Crippen LogP contribution >= 0.6 is 11.6 Å². The van der Waals surface area contributed by atoms with E-state index in [9.17, 15) is 14.9 Å². The zero-order chi connectivity index (χ0) is 17.3. The van der Waals surface area contributed by atoms with Crippen LogP contribution in [-0.2, 0) is 0 Å². The van der Waals surface area contributed by atoms with E-state index in [1.165, 1.54) is 25.3 Å². The predicted octanol–water partition coefficient (Wildman–Crippen LogP) is 4.26. The maximum absolute atomic E-state index is 12.3. The van der Waals surface area contributed by atoms with Gasteiger partial charge in [0.25, 0.3) is 11.6 Å². The predicted molar refractivity (Wildman–Crippen MR) is 88.8 cm³/mol. The first-order chi connectivity index (χ1) is 11.5. The van der Waals surface area contributed by atoms with Gasteiger partial charge in [-0.25, -0.2) is 0 Å². The van der Waals surface area contributed by atoms with Crippen LogP contribution in [0.15, 0.2) is 46.9 Å². The molecular weight excluding hydrogens is 336 g/mol. The van der Waals surface area contributed by atoms with Gasteiger partial charge in [-0.2, -0.15) is 0 Å². The van der Waals surface area contributed by atoms with E-state index in [1.807, 2.05) is 0 Å². The minimum absolute atomic E-state index is 0.0904. The van der Waals surface area contributed by atoms with Gasteiger partial charge in [0, 0.05) is 16.5 Å². The molecule has 122 valence electrons. The molecule has 0 spiro atoms. The molecule has 3 rings (SSSR count). The lowest BCUT2D eigenvalue weighted by molar-refractivity contribution is -0.384. The third-order valence-electron chi connectivity index (χ3n) is 3.35. The standard InChI is InChI=1S/C16H11ClN2O5/c1-23-14-8-11(19(21)22)3-4-12(14)18-16(20)15-7-9-6-10(17)2-5-13(9)24-15/h2-8H,1H3,(H,18,20). The van der Waals surface area contributed by atoms with Gasteiger partial charge in [0.05, 0.1) is 23.8 Å². The second kappa shape index (κ2) is 6.21. The van der Waals surface area contributed by atoms with E-state index in [2.05, 4.69) is 5.32 Å². The number of nitrogens with zero attached hydrogens (tertiary/aromatic N) is 1. The number of hydrogen-bond acceptors (Lipinski definition) is 5. The van der Waals surface area contributed by atoms with Crippen molar-refractivity contribution in [2.24, 2.45) is 0 Å². The van der Waals surface area contributed by atoms with E-state index < -0.39 is 10.8 Å². The monoisotopic (exact) mass is 346 g/mol. The van der Waals surface area contributed by atoms with E-state index in [-0.39, 0.29) is 17.2 Å². The van der Waals surface area contributed by atoms with Crippen LogP contribution in [-0.4, -0.2) is 17.9 Å². The number of carbonyl (C=O) groups is 1. The average molecular weight is 347 g/mol. The number of rotatable bonds is 4. The molecule has 0 radical (unpaired) electrons. The van der Waals surface area contributed by atoms with E-state index in [0.29, 0.717) is 21.7 Å². The number of ether oxygens (including phenoxy) is 1. The lowest BCUT2D eigenvalue weighted by Gasteiger charge is -2.08. The van der Waals surface area contributed by atoms with Gasteiger partial charge in [-0.05, 0) is 30.3 Å². The van der Waals surface area contributed by atoms with Crippen molar-refractivity contribution in [3.05, 3.63) is 63.4 Å². The van der Waals surface area contributed by atoms with Gasteiger partial charge in [-0.3, -0.25) is 14.9 Å². The highest BCUT2D eigenvalue weighted by molar-refractivity contribution is 6.31. The van der Waals surface area contributed by atoms with E-state index in [4.69, 9.17) is 20.8 Å². The van der Waals surface area contributed by atoms with Gasteiger partial charge < -0.3 is 14.5 Å². The van der Waals surface area contributed by atoms with Crippen LogP contribution in [0.4, 0.5) is 11.4 Å². The number of carbonyl (C=O) groups excluding carboxylic acids is 1. The van der Waals surface area contributed by atoms with Gasteiger partial charge in [0.15, 0.2) is 5.76 Å². The summed E-state index contributed by atoms with van der Waals surface area (Å²) in [5, 5.41) is 14.6. The SMILES string of the molecule is COc1cc([N+](=O)[O-])ccc1NC(=O)c1cc2cc(Cl)ccc2o1. The number of fused-ring (bicyclic) bond motifs is 1. The third-order valence-corrected chi connectivity index (χ3v) is 3.58. The molecule has 24 heavy (non-hydrogen) atoms. The quantitative estimate of drug-likeness (QED) is 0.562. The number of methoxy groups -OCH3 is 1. The molecule has 0 aliphatic heterocycles. The summed E-state index contributed by atoms with van der Waals surface area (Å²) < 4.78 is 10.6. The van der Waals surface area contributed by atoms with E-state index >= 15 is 0 Å². The van der Waals surface area contributed by atoms with Crippen LogP contribution in [0, 0.1) is 10.1 Å². The lowest BCUT2D eigenvalue weighted by atomic mass is 10.2. The van der Waals surface area contributed by atoms with Gasteiger partial charge in [0.2, 0.25) is 0 Å². The molecule has 1 N–H and O–H groups in total. The minimum atomic E-state index is -0.545. The molecule has 0 saturated heterocycles. The molecule has 2 aromatic carbocycles. The zero-order valence-electron chi connectivity index (χ0n) is 12.4. The highest BCUT2D eigenvalue weighted by atomic mass is 35.5. The number of furan rings is 1. The Morgan fingerprint density at radius 2 is 2.04 bits per heavy atom. The first-order valence-corrected chi connectivity index (χ1v) is 7.18. The molecule has 0 aliphatic carbocycles. The summed E-state index contributed by atoms with van der Waals surface area (Å²) >= 11 is 5.90. The summed E-state index contributed by atoms with van der Waals surface area (Å²) in [4.78, 5) is 22.6. The summed E-state index contributed by atoms with van der Waals surface area (Å²) in [6.07, 6.45) is 0. The molecule has 1 amide bonds. The number of anilines is 1. The second-order valence-corrected chi connectivity index (χ2v) is 5.33. The number of hydrogen-bond donors (Lipinski definition) is 1. The highest BCUT2D eigenvalue weighted by Crippen LogP contribution is 2.30. The Labute approximate surface area is 140 Å². The van der Waals surface area contributed by atoms with Gasteiger partial charge in [-0.1, -0.05) is 11.6 Å². The maximum Gasteiger partial charge on any atom is 0.291 e. The Morgan fingerprint density at radius 3 is 2.75 bits per heavy atom. The number of nitro groups is 1. The van der Waals surface area contributed by atoms with Crippen LogP contribution in [0.3, 0.4) is 0 Å². The van der Waals surface area contributed by atoms with Crippen molar-refractivity contribution in [1.29, 1.82) is 0 Å². The Bertz CT molecular complexity index is 951. The largest absolute Gasteiger partial charge is 0.494 e. The second-order valence-electron chi connectivity index (χ2n) is 4.89. The molecule has 0 atom stereocenters. The smallest absolute Gasteiger partial charge is 0.291 e. The molecule has 0 aliphatic rings. The number of benzene rings is 2. The topological polar surface area (TPSA) is 94.6 Å². The normalized spacial score (nSPS) is 10.6. The summed E-state index contributed by atoms with van der Waals surface area (Å²) in [6, 6.07) is 10.5. The van der Waals surface area contributed by atoms with Crippen LogP contribution < -0.4 is 10.1 Å². The van der Waals surface area contributed by atoms with Gasteiger partial charge in [0.1, 0.15) is 11.3 Å². The summed E-state index contributed by atoms with van der Waals surface area (Å²) in [5.41, 5.74) is 0.690. The maximum atomic E-state index is 12.3. The van der Waals surface area contributed by atoms with Crippen LogP contribution in [0.1, 0.15) is 10.6 Å². The fourth-order valence-corrected chi connectivity index (χ4v) is 2.39. The van der Waals surface area contributed by atoms with Crippen molar-refractivity contribution < 1.29 is 18.9 Å². The van der Waals surface area contributed by atoms with Crippen molar-refractivity contribution in [1.82, 2.24) is 0 Å². The third kappa shape index (κ3) is 3.02.